The van der Waals surface area contributed by atoms with Crippen molar-refractivity contribution in [1.29, 1.82) is 0 Å². The number of allylic oxidation sites excluding steroid dienone is 2. The standard InChI is InChI=1S/C19H29N/c1-6-10-12-16(5)20(9-4)19-14-11-13-18(15-19)17(7-2)8-3/h10-15,17H,5-9H2,1-4H3/b12-10-. The van der Waals surface area contributed by atoms with Gasteiger partial charge >= 0.3 is 0 Å². The van der Waals surface area contributed by atoms with Crippen molar-refractivity contribution in [3.8, 4) is 0 Å². The highest BCUT2D eigenvalue weighted by atomic mass is 15.1. The van der Waals surface area contributed by atoms with Crippen LogP contribution in [0.2, 0.25) is 0 Å². The van der Waals surface area contributed by atoms with Crippen LogP contribution in [0, 0.1) is 0 Å². The molecular formula is C19H29N. The van der Waals surface area contributed by atoms with E-state index in [2.05, 4.69) is 75.6 Å². The number of anilines is 1. The van der Waals surface area contributed by atoms with Crippen LogP contribution in [0.1, 0.15) is 58.4 Å². The van der Waals surface area contributed by atoms with Crippen molar-refractivity contribution in [3.05, 3.63) is 54.3 Å². The highest BCUT2D eigenvalue weighted by molar-refractivity contribution is 5.55. The molecule has 0 aliphatic rings. The third-order valence-corrected chi connectivity index (χ3v) is 3.85. The molecular weight excluding hydrogens is 242 g/mol. The molecule has 0 fully saturated rings. The monoisotopic (exact) mass is 271 g/mol. The molecule has 20 heavy (non-hydrogen) atoms. The summed E-state index contributed by atoms with van der Waals surface area (Å²) < 4.78 is 0. The summed E-state index contributed by atoms with van der Waals surface area (Å²) in [6.45, 7) is 14.0. The normalized spacial score (nSPS) is 11.2. The summed E-state index contributed by atoms with van der Waals surface area (Å²) in [5, 5.41) is 0. The molecule has 0 spiro atoms. The van der Waals surface area contributed by atoms with Crippen LogP contribution in [-0.2, 0) is 0 Å². The second kappa shape index (κ2) is 8.63. The second-order valence-corrected chi connectivity index (χ2v) is 5.15. The average molecular weight is 271 g/mol. The van der Waals surface area contributed by atoms with E-state index in [0.717, 1.165) is 18.7 Å². The van der Waals surface area contributed by atoms with Crippen molar-refractivity contribution < 1.29 is 0 Å². The fraction of sp³-hybridized carbons (Fsp3) is 0.474. The molecule has 0 saturated carbocycles. The smallest absolute Gasteiger partial charge is 0.0413 e. The minimum absolute atomic E-state index is 0.660. The van der Waals surface area contributed by atoms with E-state index < -0.39 is 0 Å². The van der Waals surface area contributed by atoms with Crippen molar-refractivity contribution in [3.63, 3.8) is 0 Å². The number of hydrogen-bond donors (Lipinski definition) is 0. The first-order chi connectivity index (χ1) is 9.67. The highest BCUT2D eigenvalue weighted by Crippen LogP contribution is 2.28. The Morgan fingerprint density at radius 1 is 1.20 bits per heavy atom. The topological polar surface area (TPSA) is 3.24 Å². The SMILES string of the molecule is C=C(/C=C\CC)N(CC)c1cccc(C(CC)CC)c1. The van der Waals surface area contributed by atoms with Crippen LogP contribution in [0.15, 0.2) is 48.7 Å². The molecule has 1 aromatic rings. The summed E-state index contributed by atoms with van der Waals surface area (Å²) in [6.07, 6.45) is 7.72. The molecule has 0 N–H and O–H groups in total. The Bertz CT molecular complexity index is 441. The predicted molar refractivity (Wildman–Crippen MR) is 91.4 cm³/mol. The van der Waals surface area contributed by atoms with Gasteiger partial charge in [0.05, 0.1) is 0 Å². The molecule has 0 saturated heterocycles. The van der Waals surface area contributed by atoms with Gasteiger partial charge in [0.25, 0.3) is 0 Å². The number of benzene rings is 1. The van der Waals surface area contributed by atoms with Gasteiger partial charge < -0.3 is 4.90 Å². The third kappa shape index (κ3) is 4.26. The molecule has 0 aromatic heterocycles. The van der Waals surface area contributed by atoms with E-state index in [1.54, 1.807) is 0 Å². The Hall–Kier alpha value is -1.50. The molecule has 1 rings (SSSR count). The molecule has 0 aliphatic carbocycles. The van der Waals surface area contributed by atoms with Gasteiger partial charge in [-0.25, -0.2) is 0 Å². The summed E-state index contributed by atoms with van der Waals surface area (Å²) in [5.74, 6) is 0.660. The van der Waals surface area contributed by atoms with Crippen LogP contribution in [-0.4, -0.2) is 6.54 Å². The van der Waals surface area contributed by atoms with E-state index in [-0.39, 0.29) is 0 Å². The van der Waals surface area contributed by atoms with E-state index in [1.165, 1.54) is 24.1 Å². The summed E-state index contributed by atoms with van der Waals surface area (Å²) in [7, 11) is 0. The number of rotatable bonds is 8. The van der Waals surface area contributed by atoms with Gasteiger partial charge in [-0.1, -0.05) is 45.6 Å². The number of nitrogens with zero attached hydrogens (tertiary/aromatic N) is 1. The summed E-state index contributed by atoms with van der Waals surface area (Å²) >= 11 is 0. The van der Waals surface area contributed by atoms with E-state index in [9.17, 15) is 0 Å². The number of likely N-dealkylation sites (N-methyl/N-ethyl adjacent to an activating group) is 1. The predicted octanol–water partition coefficient (Wildman–Crippen LogP) is 5.90. The molecule has 0 atom stereocenters. The fourth-order valence-corrected chi connectivity index (χ4v) is 2.60. The molecule has 110 valence electrons. The lowest BCUT2D eigenvalue weighted by Crippen LogP contribution is -2.20. The van der Waals surface area contributed by atoms with Crippen LogP contribution in [0.3, 0.4) is 0 Å². The highest BCUT2D eigenvalue weighted by Gasteiger charge is 2.11. The number of hydrogen-bond acceptors (Lipinski definition) is 1. The van der Waals surface area contributed by atoms with Crippen molar-refractivity contribution in [2.45, 2.75) is 52.9 Å². The Kier molecular flexibility index (Phi) is 7.14. The zero-order valence-corrected chi connectivity index (χ0v) is 13.5. The van der Waals surface area contributed by atoms with E-state index in [4.69, 9.17) is 0 Å². The average Bonchev–Trinajstić information content (AvgIpc) is 2.47. The molecule has 1 heteroatoms. The Morgan fingerprint density at radius 2 is 1.90 bits per heavy atom. The Morgan fingerprint density at radius 3 is 2.45 bits per heavy atom. The van der Waals surface area contributed by atoms with Crippen LogP contribution in [0.4, 0.5) is 5.69 Å². The van der Waals surface area contributed by atoms with Gasteiger partial charge in [-0.3, -0.25) is 0 Å². The van der Waals surface area contributed by atoms with Gasteiger partial charge in [0.2, 0.25) is 0 Å². The molecule has 0 bridgehead atoms. The second-order valence-electron chi connectivity index (χ2n) is 5.15. The van der Waals surface area contributed by atoms with Gasteiger partial charge in [0.1, 0.15) is 0 Å². The van der Waals surface area contributed by atoms with Gasteiger partial charge in [-0.15, -0.1) is 0 Å². The maximum atomic E-state index is 4.19. The largest absolute Gasteiger partial charge is 0.342 e. The summed E-state index contributed by atoms with van der Waals surface area (Å²) in [5.41, 5.74) is 3.76. The minimum atomic E-state index is 0.660. The molecule has 0 amide bonds. The van der Waals surface area contributed by atoms with E-state index in [0.29, 0.717) is 5.92 Å². The maximum absolute atomic E-state index is 4.19. The first kappa shape index (κ1) is 16.6. The first-order valence-corrected chi connectivity index (χ1v) is 7.90. The summed E-state index contributed by atoms with van der Waals surface area (Å²) in [4.78, 5) is 2.28. The van der Waals surface area contributed by atoms with E-state index in [1.807, 2.05) is 0 Å². The summed E-state index contributed by atoms with van der Waals surface area (Å²) in [6, 6.07) is 8.93. The van der Waals surface area contributed by atoms with Gasteiger partial charge in [0, 0.05) is 17.9 Å². The van der Waals surface area contributed by atoms with Crippen molar-refractivity contribution >= 4 is 5.69 Å². The molecule has 0 aliphatic heterocycles. The van der Waals surface area contributed by atoms with Crippen molar-refractivity contribution in [2.75, 3.05) is 11.4 Å². The zero-order valence-electron chi connectivity index (χ0n) is 13.5. The minimum Gasteiger partial charge on any atom is -0.342 e. The van der Waals surface area contributed by atoms with Crippen LogP contribution in [0.5, 0.6) is 0 Å². The quantitative estimate of drug-likeness (QED) is 0.532. The van der Waals surface area contributed by atoms with Gasteiger partial charge in [-0.2, -0.15) is 0 Å². The molecule has 1 nitrogen and oxygen atoms in total. The van der Waals surface area contributed by atoms with Crippen molar-refractivity contribution in [1.82, 2.24) is 0 Å². The molecule has 1 aromatic carbocycles. The third-order valence-electron chi connectivity index (χ3n) is 3.85. The maximum Gasteiger partial charge on any atom is 0.0413 e. The van der Waals surface area contributed by atoms with E-state index >= 15 is 0 Å². The van der Waals surface area contributed by atoms with Crippen LogP contribution < -0.4 is 4.90 Å². The lowest BCUT2D eigenvalue weighted by atomic mass is 9.93. The van der Waals surface area contributed by atoms with Crippen molar-refractivity contribution in [2.24, 2.45) is 0 Å². The first-order valence-electron chi connectivity index (χ1n) is 7.90. The zero-order chi connectivity index (χ0) is 15.0. The molecule has 0 radical (unpaired) electrons. The van der Waals surface area contributed by atoms with Crippen LogP contribution >= 0.6 is 0 Å². The van der Waals surface area contributed by atoms with Crippen LogP contribution in [0.25, 0.3) is 0 Å². The molecule has 0 heterocycles. The fourth-order valence-electron chi connectivity index (χ4n) is 2.60. The lowest BCUT2D eigenvalue weighted by molar-refractivity contribution is 0.642. The lowest BCUT2D eigenvalue weighted by Gasteiger charge is -2.25. The van der Waals surface area contributed by atoms with Gasteiger partial charge in [0.15, 0.2) is 0 Å². The van der Waals surface area contributed by atoms with Gasteiger partial charge in [-0.05, 0) is 55.9 Å². The Labute approximate surface area is 125 Å². The molecule has 0 unspecified atom stereocenters. The Balaban J connectivity index is 3.01.